The number of alkyl halides is 2. The highest BCUT2D eigenvalue weighted by Gasteiger charge is 2.45. The van der Waals surface area contributed by atoms with Crippen LogP contribution in [0.2, 0.25) is 4.47 Å². The van der Waals surface area contributed by atoms with Gasteiger partial charge in [0.25, 0.3) is 0 Å². The van der Waals surface area contributed by atoms with Crippen molar-refractivity contribution in [2.75, 3.05) is 46.2 Å². The highest BCUT2D eigenvalue weighted by molar-refractivity contribution is 7.14. The maximum Gasteiger partial charge on any atom is 0.385 e. The predicted octanol–water partition coefficient (Wildman–Crippen LogP) is 2.50. The van der Waals surface area contributed by atoms with E-state index >= 15 is 0 Å². The second-order valence-corrected chi connectivity index (χ2v) is 5.56. The van der Waals surface area contributed by atoms with Crippen LogP contribution in [0.4, 0.5) is 8.78 Å². The van der Waals surface area contributed by atoms with Gasteiger partial charge in [-0.2, -0.15) is 8.78 Å². The summed E-state index contributed by atoms with van der Waals surface area (Å²) in [4.78, 5) is 14.7. The molecular weight excluding hydrogens is 356 g/mol. The fourth-order valence-corrected chi connectivity index (χ4v) is 2.15. The number of aromatic nitrogens is 1. The molecule has 0 aliphatic heterocycles. The monoisotopic (exact) mass is 373 g/mol. The number of carbonyl (C=O) groups excluding carboxylic acids is 1. The number of rotatable bonds is 12. The van der Waals surface area contributed by atoms with Gasteiger partial charge in [-0.1, -0.05) is 11.6 Å². The van der Waals surface area contributed by atoms with Gasteiger partial charge >= 0.3 is 11.9 Å². The van der Waals surface area contributed by atoms with Crippen LogP contribution >= 0.6 is 22.9 Å². The molecule has 6 nitrogen and oxygen atoms in total. The minimum Gasteiger partial charge on any atom is -0.458 e. The van der Waals surface area contributed by atoms with E-state index in [1.807, 2.05) is 6.92 Å². The lowest BCUT2D eigenvalue weighted by molar-refractivity contribution is -0.175. The van der Waals surface area contributed by atoms with Crippen molar-refractivity contribution < 1.29 is 32.5 Å². The Kier molecular flexibility index (Phi) is 9.49. The molecule has 0 unspecified atom stereocenters. The third kappa shape index (κ3) is 7.49. The molecule has 0 spiro atoms. The number of ether oxygens (including phenoxy) is 4. The molecular formula is C13H18ClF2NO5S. The smallest absolute Gasteiger partial charge is 0.385 e. The molecule has 0 aliphatic carbocycles. The Morgan fingerprint density at radius 3 is 2.26 bits per heavy atom. The van der Waals surface area contributed by atoms with E-state index in [0.29, 0.717) is 26.4 Å². The first-order chi connectivity index (χ1) is 11.0. The summed E-state index contributed by atoms with van der Waals surface area (Å²) in [5.74, 6) is -5.51. The summed E-state index contributed by atoms with van der Waals surface area (Å²) in [6, 6.07) is 0. The molecule has 23 heavy (non-hydrogen) atoms. The first-order valence-electron chi connectivity index (χ1n) is 6.88. The average molecular weight is 374 g/mol. The van der Waals surface area contributed by atoms with Crippen LogP contribution in [0.3, 0.4) is 0 Å². The van der Waals surface area contributed by atoms with Crippen LogP contribution in [0.15, 0.2) is 5.38 Å². The lowest BCUT2D eigenvalue weighted by Crippen LogP contribution is -2.29. The Balaban J connectivity index is 2.10. The first kappa shape index (κ1) is 20.2. The Hall–Kier alpha value is -0.870. The normalized spacial score (nSPS) is 11.7. The largest absolute Gasteiger partial charge is 0.458 e. The van der Waals surface area contributed by atoms with Gasteiger partial charge in [0.05, 0.1) is 33.0 Å². The van der Waals surface area contributed by atoms with Crippen LogP contribution in [0.5, 0.6) is 0 Å². The lowest BCUT2D eigenvalue weighted by atomic mass is 10.3. The van der Waals surface area contributed by atoms with Crippen molar-refractivity contribution in [1.82, 2.24) is 4.98 Å². The number of hydrogen-bond donors (Lipinski definition) is 0. The number of esters is 1. The fourth-order valence-electron chi connectivity index (χ4n) is 1.37. The van der Waals surface area contributed by atoms with Crippen molar-refractivity contribution in [3.8, 4) is 0 Å². The number of carbonyl (C=O) groups is 1. The third-order valence-electron chi connectivity index (χ3n) is 2.46. The number of hydrogen-bond acceptors (Lipinski definition) is 7. The molecule has 0 fully saturated rings. The molecule has 0 amide bonds. The topological polar surface area (TPSA) is 66.9 Å². The number of nitrogens with zero attached hydrogens (tertiary/aromatic N) is 1. The SMILES string of the molecule is CCOCCOCCOCCOC(=O)C(F)(F)c1csc(Cl)n1. The summed E-state index contributed by atoms with van der Waals surface area (Å²) in [6.07, 6.45) is 0. The summed E-state index contributed by atoms with van der Waals surface area (Å²) in [5.41, 5.74) is -0.721. The van der Waals surface area contributed by atoms with E-state index < -0.39 is 17.6 Å². The average Bonchev–Trinajstić information content (AvgIpc) is 2.96. The highest BCUT2D eigenvalue weighted by Crippen LogP contribution is 2.31. The van der Waals surface area contributed by atoms with Crippen molar-refractivity contribution in [2.24, 2.45) is 0 Å². The van der Waals surface area contributed by atoms with Gasteiger partial charge in [0.15, 0.2) is 4.47 Å². The second kappa shape index (κ2) is 10.8. The predicted molar refractivity (Wildman–Crippen MR) is 80.1 cm³/mol. The maximum atomic E-state index is 13.7. The van der Waals surface area contributed by atoms with Gasteiger partial charge in [-0.25, -0.2) is 9.78 Å². The van der Waals surface area contributed by atoms with E-state index in [-0.39, 0.29) is 24.3 Å². The zero-order chi connectivity index (χ0) is 17.1. The van der Waals surface area contributed by atoms with Crippen molar-refractivity contribution >= 4 is 28.9 Å². The Morgan fingerprint density at radius 1 is 1.17 bits per heavy atom. The van der Waals surface area contributed by atoms with Gasteiger partial charge in [-0.05, 0) is 6.92 Å². The first-order valence-corrected chi connectivity index (χ1v) is 8.14. The molecule has 0 aliphatic rings. The van der Waals surface area contributed by atoms with Crippen LogP contribution in [0, 0.1) is 0 Å². The molecule has 0 N–H and O–H groups in total. The molecule has 0 bridgehead atoms. The summed E-state index contributed by atoms with van der Waals surface area (Å²) >= 11 is 6.28. The molecule has 132 valence electrons. The van der Waals surface area contributed by atoms with Gasteiger partial charge in [0.1, 0.15) is 12.3 Å². The Morgan fingerprint density at radius 2 is 1.74 bits per heavy atom. The quantitative estimate of drug-likeness (QED) is 0.414. The van der Waals surface area contributed by atoms with Crippen molar-refractivity contribution in [1.29, 1.82) is 0 Å². The minimum atomic E-state index is -3.83. The molecule has 0 aromatic carbocycles. The van der Waals surface area contributed by atoms with Crippen LogP contribution in [0.25, 0.3) is 0 Å². The van der Waals surface area contributed by atoms with Crippen LogP contribution in [0.1, 0.15) is 12.6 Å². The third-order valence-corrected chi connectivity index (χ3v) is 3.44. The van der Waals surface area contributed by atoms with E-state index in [4.69, 9.17) is 25.8 Å². The zero-order valence-electron chi connectivity index (χ0n) is 12.6. The second-order valence-electron chi connectivity index (χ2n) is 4.12. The Bertz CT molecular complexity index is 475. The Labute approximate surface area is 141 Å². The van der Waals surface area contributed by atoms with Crippen molar-refractivity contribution in [3.63, 3.8) is 0 Å². The van der Waals surface area contributed by atoms with E-state index in [1.165, 1.54) is 0 Å². The summed E-state index contributed by atoms with van der Waals surface area (Å²) < 4.78 is 47.1. The molecule has 1 rings (SSSR count). The maximum absolute atomic E-state index is 13.7. The molecule has 0 atom stereocenters. The zero-order valence-corrected chi connectivity index (χ0v) is 14.1. The number of thiazole rings is 1. The van der Waals surface area contributed by atoms with Gasteiger partial charge in [0, 0.05) is 12.0 Å². The van der Waals surface area contributed by atoms with Gasteiger partial charge < -0.3 is 18.9 Å². The summed E-state index contributed by atoms with van der Waals surface area (Å²) in [7, 11) is 0. The summed E-state index contributed by atoms with van der Waals surface area (Å²) in [5, 5.41) is 1.01. The van der Waals surface area contributed by atoms with E-state index in [9.17, 15) is 13.6 Å². The van der Waals surface area contributed by atoms with Crippen LogP contribution < -0.4 is 0 Å². The van der Waals surface area contributed by atoms with Crippen LogP contribution in [-0.4, -0.2) is 57.2 Å². The number of halogens is 3. The highest BCUT2D eigenvalue weighted by atomic mass is 35.5. The molecule has 10 heteroatoms. The fraction of sp³-hybridized carbons (Fsp3) is 0.692. The minimum absolute atomic E-state index is 0.00549. The standard InChI is InChI=1S/C13H18ClF2NO5S/c1-2-19-3-4-20-5-6-21-7-8-22-11(18)13(15,16)10-9-23-12(14)17-10/h9H,2-8H2,1H3. The molecule has 1 aromatic heterocycles. The van der Waals surface area contributed by atoms with Crippen molar-refractivity contribution in [3.05, 3.63) is 15.5 Å². The van der Waals surface area contributed by atoms with Gasteiger partial charge in [-0.15, -0.1) is 11.3 Å². The van der Waals surface area contributed by atoms with E-state index in [2.05, 4.69) is 9.72 Å². The molecule has 0 saturated carbocycles. The van der Waals surface area contributed by atoms with E-state index in [1.54, 1.807) is 0 Å². The molecule has 1 aromatic rings. The lowest BCUT2D eigenvalue weighted by Gasteiger charge is -2.13. The molecule has 0 saturated heterocycles. The molecule has 1 heterocycles. The van der Waals surface area contributed by atoms with E-state index in [0.717, 1.165) is 16.7 Å². The van der Waals surface area contributed by atoms with Gasteiger partial charge in [-0.3, -0.25) is 0 Å². The molecule has 0 radical (unpaired) electrons. The van der Waals surface area contributed by atoms with Crippen molar-refractivity contribution in [2.45, 2.75) is 12.8 Å². The van der Waals surface area contributed by atoms with Crippen LogP contribution in [-0.2, 0) is 29.7 Å². The summed E-state index contributed by atoms with van der Waals surface area (Å²) in [6.45, 7) is 3.79. The van der Waals surface area contributed by atoms with Gasteiger partial charge in [0.2, 0.25) is 0 Å².